The molecule has 0 unspecified atom stereocenters. The normalized spacial score (nSPS) is 20.9. The molecule has 4 heteroatoms. The maximum atomic E-state index is 5.66. The van der Waals surface area contributed by atoms with Crippen molar-refractivity contribution < 1.29 is 0 Å². The Morgan fingerprint density at radius 1 is 1.47 bits per heavy atom. The summed E-state index contributed by atoms with van der Waals surface area (Å²) >= 11 is 1.60. The van der Waals surface area contributed by atoms with Crippen LogP contribution in [0.25, 0.3) is 0 Å². The zero-order chi connectivity index (χ0) is 12.5. The Balaban J connectivity index is 1.87. The molecule has 1 fully saturated rings. The fraction of sp³-hybridized carbons (Fsp3) is 0.769. The summed E-state index contributed by atoms with van der Waals surface area (Å²) in [6, 6.07) is 0.728. The number of hydrogen-bond acceptors (Lipinski definition) is 4. The van der Waals surface area contributed by atoms with Crippen LogP contribution in [0.15, 0.2) is 6.20 Å². The number of hydrogen-bond donors (Lipinski definition) is 1. The fourth-order valence-corrected chi connectivity index (χ4v) is 3.34. The van der Waals surface area contributed by atoms with Crippen molar-refractivity contribution >= 4 is 16.5 Å². The van der Waals surface area contributed by atoms with Gasteiger partial charge in [-0.25, -0.2) is 4.98 Å². The molecule has 0 bridgehead atoms. The lowest BCUT2D eigenvalue weighted by molar-refractivity contribution is 0.123. The Kier molecular flexibility index (Phi) is 3.73. The highest BCUT2D eigenvalue weighted by Crippen LogP contribution is 2.37. The molecule has 0 aromatic carbocycles. The number of nitrogens with zero attached hydrogens (tertiary/aromatic N) is 2. The van der Waals surface area contributed by atoms with Gasteiger partial charge >= 0.3 is 0 Å². The van der Waals surface area contributed by atoms with Crippen molar-refractivity contribution in [2.24, 2.45) is 5.41 Å². The van der Waals surface area contributed by atoms with Gasteiger partial charge in [0.15, 0.2) is 5.13 Å². The van der Waals surface area contributed by atoms with Crippen molar-refractivity contribution in [3.63, 3.8) is 0 Å². The van der Waals surface area contributed by atoms with Gasteiger partial charge in [-0.15, -0.1) is 11.3 Å². The third-order valence-electron chi connectivity index (χ3n) is 3.91. The van der Waals surface area contributed by atoms with Gasteiger partial charge in [-0.05, 0) is 38.1 Å². The van der Waals surface area contributed by atoms with Gasteiger partial charge in [0, 0.05) is 23.7 Å². The summed E-state index contributed by atoms with van der Waals surface area (Å²) in [4.78, 5) is 7.84. The molecule has 17 heavy (non-hydrogen) atoms. The molecule has 1 aliphatic rings. The van der Waals surface area contributed by atoms with E-state index in [2.05, 4.69) is 30.8 Å². The SMILES string of the molecule is CN(Cc1cnc(N)s1)C1CCC(C)(C)CC1. The number of anilines is 1. The minimum absolute atomic E-state index is 0.548. The highest BCUT2D eigenvalue weighted by atomic mass is 32.1. The average molecular weight is 253 g/mol. The lowest BCUT2D eigenvalue weighted by atomic mass is 9.75. The third kappa shape index (κ3) is 3.42. The Labute approximate surface area is 108 Å². The molecule has 0 spiro atoms. The summed E-state index contributed by atoms with van der Waals surface area (Å²) in [7, 11) is 2.22. The minimum Gasteiger partial charge on any atom is -0.375 e. The van der Waals surface area contributed by atoms with Gasteiger partial charge in [0.25, 0.3) is 0 Å². The monoisotopic (exact) mass is 253 g/mol. The lowest BCUT2D eigenvalue weighted by Gasteiger charge is -2.38. The number of thiazole rings is 1. The molecule has 0 aliphatic heterocycles. The van der Waals surface area contributed by atoms with Crippen LogP contribution in [0, 0.1) is 5.41 Å². The minimum atomic E-state index is 0.548. The first-order valence-corrected chi connectivity index (χ1v) is 7.18. The molecule has 1 heterocycles. The maximum Gasteiger partial charge on any atom is 0.180 e. The molecule has 0 amide bonds. The topological polar surface area (TPSA) is 42.2 Å². The van der Waals surface area contributed by atoms with Crippen LogP contribution in [-0.4, -0.2) is 23.0 Å². The van der Waals surface area contributed by atoms with Crippen LogP contribution in [0.5, 0.6) is 0 Å². The number of nitrogen functional groups attached to an aromatic ring is 1. The average Bonchev–Trinajstić information content (AvgIpc) is 2.63. The lowest BCUT2D eigenvalue weighted by Crippen LogP contribution is -2.36. The molecule has 1 aliphatic carbocycles. The van der Waals surface area contributed by atoms with Gasteiger partial charge in [0.1, 0.15) is 0 Å². The van der Waals surface area contributed by atoms with Gasteiger partial charge in [-0.1, -0.05) is 13.8 Å². The van der Waals surface area contributed by atoms with Gasteiger partial charge in [-0.3, -0.25) is 4.90 Å². The van der Waals surface area contributed by atoms with E-state index < -0.39 is 0 Å². The van der Waals surface area contributed by atoms with Crippen molar-refractivity contribution in [2.75, 3.05) is 12.8 Å². The van der Waals surface area contributed by atoms with E-state index in [0.29, 0.717) is 10.5 Å². The van der Waals surface area contributed by atoms with E-state index in [1.54, 1.807) is 11.3 Å². The van der Waals surface area contributed by atoms with Gasteiger partial charge < -0.3 is 5.73 Å². The first-order valence-electron chi connectivity index (χ1n) is 6.37. The second kappa shape index (κ2) is 4.94. The molecule has 0 radical (unpaired) electrons. The molecular formula is C13H23N3S. The summed E-state index contributed by atoms with van der Waals surface area (Å²) < 4.78 is 0. The van der Waals surface area contributed by atoms with Crippen molar-refractivity contribution in [1.29, 1.82) is 0 Å². The molecule has 1 saturated carbocycles. The Hall–Kier alpha value is -0.610. The first-order chi connectivity index (χ1) is 7.96. The Morgan fingerprint density at radius 3 is 2.65 bits per heavy atom. The molecule has 0 saturated heterocycles. The van der Waals surface area contributed by atoms with Crippen LogP contribution in [0.1, 0.15) is 44.4 Å². The van der Waals surface area contributed by atoms with Crippen LogP contribution in [-0.2, 0) is 6.54 Å². The predicted octanol–water partition coefficient (Wildman–Crippen LogP) is 3.13. The van der Waals surface area contributed by atoms with E-state index in [0.717, 1.165) is 12.6 Å². The van der Waals surface area contributed by atoms with Crippen LogP contribution in [0.4, 0.5) is 5.13 Å². The van der Waals surface area contributed by atoms with Crippen molar-refractivity contribution in [1.82, 2.24) is 9.88 Å². The van der Waals surface area contributed by atoms with Crippen LogP contribution < -0.4 is 5.73 Å². The molecule has 1 aromatic rings. The Bertz CT molecular complexity index is 362. The van der Waals surface area contributed by atoms with E-state index in [9.17, 15) is 0 Å². The van der Waals surface area contributed by atoms with Crippen molar-refractivity contribution in [3.05, 3.63) is 11.1 Å². The zero-order valence-corrected chi connectivity index (χ0v) is 11.9. The van der Waals surface area contributed by atoms with Gasteiger partial charge in [-0.2, -0.15) is 0 Å². The second-order valence-corrected chi connectivity index (χ2v) is 7.12. The van der Waals surface area contributed by atoms with Crippen LogP contribution >= 0.6 is 11.3 Å². The number of nitrogens with two attached hydrogens (primary N) is 1. The summed E-state index contributed by atoms with van der Waals surface area (Å²) in [5.74, 6) is 0. The van der Waals surface area contributed by atoms with Crippen molar-refractivity contribution in [3.8, 4) is 0 Å². The smallest absolute Gasteiger partial charge is 0.180 e. The van der Waals surface area contributed by atoms with E-state index in [4.69, 9.17) is 5.73 Å². The van der Waals surface area contributed by atoms with Crippen molar-refractivity contribution in [2.45, 2.75) is 52.1 Å². The van der Waals surface area contributed by atoms with E-state index >= 15 is 0 Å². The van der Waals surface area contributed by atoms with Crippen LogP contribution in [0.2, 0.25) is 0 Å². The highest BCUT2D eigenvalue weighted by Gasteiger charge is 2.28. The Morgan fingerprint density at radius 2 is 2.12 bits per heavy atom. The van der Waals surface area contributed by atoms with Gasteiger partial charge in [0.2, 0.25) is 0 Å². The number of rotatable bonds is 3. The molecule has 96 valence electrons. The third-order valence-corrected chi connectivity index (χ3v) is 4.72. The molecular weight excluding hydrogens is 230 g/mol. The molecule has 3 nitrogen and oxygen atoms in total. The van der Waals surface area contributed by atoms with E-state index in [-0.39, 0.29) is 0 Å². The number of aromatic nitrogens is 1. The maximum absolute atomic E-state index is 5.66. The quantitative estimate of drug-likeness (QED) is 0.900. The predicted molar refractivity (Wildman–Crippen MR) is 74.0 cm³/mol. The zero-order valence-electron chi connectivity index (χ0n) is 11.1. The molecule has 1 aromatic heterocycles. The first kappa shape index (κ1) is 12.8. The molecule has 2 rings (SSSR count). The fourth-order valence-electron chi connectivity index (χ4n) is 2.60. The summed E-state index contributed by atoms with van der Waals surface area (Å²) in [5, 5.41) is 0.679. The van der Waals surface area contributed by atoms with E-state index in [1.807, 2.05) is 6.20 Å². The van der Waals surface area contributed by atoms with Crippen LogP contribution in [0.3, 0.4) is 0 Å². The summed E-state index contributed by atoms with van der Waals surface area (Å²) in [6.45, 7) is 5.75. The second-order valence-electron chi connectivity index (χ2n) is 5.98. The highest BCUT2D eigenvalue weighted by molar-refractivity contribution is 7.15. The standard InChI is InChI=1S/C13H23N3S/c1-13(2)6-4-10(5-7-13)16(3)9-11-8-15-12(14)17-11/h8,10H,4-7,9H2,1-3H3,(H2,14,15). The largest absolute Gasteiger partial charge is 0.375 e. The molecule has 2 N–H and O–H groups in total. The summed E-state index contributed by atoms with van der Waals surface area (Å²) in [5.41, 5.74) is 6.21. The summed E-state index contributed by atoms with van der Waals surface area (Å²) in [6.07, 6.45) is 7.22. The van der Waals surface area contributed by atoms with E-state index in [1.165, 1.54) is 30.6 Å². The molecule has 0 atom stereocenters. The van der Waals surface area contributed by atoms with Gasteiger partial charge in [0.05, 0.1) is 0 Å².